The zero-order valence-corrected chi connectivity index (χ0v) is 9.81. The van der Waals surface area contributed by atoms with Crippen LogP contribution in [0, 0.1) is 5.92 Å². The van der Waals surface area contributed by atoms with Gasteiger partial charge >= 0.3 is 7.68 Å². The van der Waals surface area contributed by atoms with Crippen LogP contribution in [0.4, 0.5) is 4.20 Å². The molecule has 0 bridgehead atoms. The first-order valence-electron chi connectivity index (χ1n) is 4.87. The van der Waals surface area contributed by atoms with Gasteiger partial charge in [-0.3, -0.25) is 4.57 Å². The Morgan fingerprint density at radius 2 is 1.77 bits per heavy atom. The van der Waals surface area contributed by atoms with Gasteiger partial charge in [0.1, 0.15) is 0 Å². The maximum Gasteiger partial charge on any atom is 0.369 e. The predicted octanol–water partition coefficient (Wildman–Crippen LogP) is 4.01. The Morgan fingerprint density at radius 1 is 1.31 bits per heavy atom. The molecule has 0 saturated carbocycles. The SMILES string of the molecule is CCC(CC)COP(=O)(F)C(C)C. The largest absolute Gasteiger partial charge is 0.369 e. The molecular formula is C9H20FO2P. The van der Waals surface area contributed by atoms with Gasteiger partial charge in [0.05, 0.1) is 12.3 Å². The highest BCUT2D eigenvalue weighted by Crippen LogP contribution is 2.53. The molecule has 0 aliphatic rings. The highest BCUT2D eigenvalue weighted by atomic mass is 31.2. The summed E-state index contributed by atoms with van der Waals surface area (Å²) in [5.74, 6) is 0.322. The molecule has 1 unspecified atom stereocenters. The van der Waals surface area contributed by atoms with Gasteiger partial charge < -0.3 is 4.52 Å². The second kappa shape index (κ2) is 5.77. The first kappa shape index (κ1) is 13.1. The molecule has 0 aliphatic heterocycles. The van der Waals surface area contributed by atoms with E-state index in [4.69, 9.17) is 4.52 Å². The molecule has 13 heavy (non-hydrogen) atoms. The van der Waals surface area contributed by atoms with Crippen LogP contribution in [0.1, 0.15) is 40.5 Å². The van der Waals surface area contributed by atoms with E-state index in [1.807, 2.05) is 13.8 Å². The van der Waals surface area contributed by atoms with Gasteiger partial charge in [-0.15, -0.1) is 0 Å². The second-order valence-electron chi connectivity index (χ2n) is 3.59. The Hall–Kier alpha value is 0.120. The molecule has 0 radical (unpaired) electrons. The molecule has 0 fully saturated rings. The van der Waals surface area contributed by atoms with Crippen molar-refractivity contribution >= 4 is 7.68 Å². The lowest BCUT2D eigenvalue weighted by atomic mass is 10.1. The van der Waals surface area contributed by atoms with E-state index in [1.54, 1.807) is 13.8 Å². The average Bonchev–Trinajstić information content (AvgIpc) is 2.06. The third-order valence-electron chi connectivity index (χ3n) is 2.26. The lowest BCUT2D eigenvalue weighted by Gasteiger charge is -2.17. The summed E-state index contributed by atoms with van der Waals surface area (Å²) in [7, 11) is -3.84. The van der Waals surface area contributed by atoms with Gasteiger partial charge in [-0.05, 0) is 5.92 Å². The average molecular weight is 210 g/mol. The molecule has 0 spiro atoms. The molecule has 0 aliphatic carbocycles. The lowest BCUT2D eigenvalue weighted by Crippen LogP contribution is -2.08. The Bertz CT molecular complexity index is 178. The third-order valence-corrected chi connectivity index (χ3v) is 3.99. The smallest absolute Gasteiger partial charge is 0.305 e. The first-order valence-corrected chi connectivity index (χ1v) is 6.46. The maximum atomic E-state index is 13.2. The highest BCUT2D eigenvalue weighted by molar-refractivity contribution is 7.54. The zero-order chi connectivity index (χ0) is 10.5. The Morgan fingerprint density at radius 3 is 2.08 bits per heavy atom. The van der Waals surface area contributed by atoms with E-state index >= 15 is 0 Å². The van der Waals surface area contributed by atoms with E-state index in [1.165, 1.54) is 0 Å². The summed E-state index contributed by atoms with van der Waals surface area (Å²) in [6.45, 7) is 7.48. The fourth-order valence-electron chi connectivity index (χ4n) is 0.880. The summed E-state index contributed by atoms with van der Waals surface area (Å²) in [5.41, 5.74) is -0.526. The summed E-state index contributed by atoms with van der Waals surface area (Å²) in [5, 5.41) is 0. The van der Waals surface area contributed by atoms with E-state index in [2.05, 4.69) is 0 Å². The van der Waals surface area contributed by atoms with Crippen molar-refractivity contribution in [3.8, 4) is 0 Å². The molecule has 0 amide bonds. The van der Waals surface area contributed by atoms with Gasteiger partial charge in [0.2, 0.25) is 0 Å². The molecule has 80 valence electrons. The van der Waals surface area contributed by atoms with Crippen molar-refractivity contribution in [3.63, 3.8) is 0 Å². The van der Waals surface area contributed by atoms with Crippen LogP contribution in [0.3, 0.4) is 0 Å². The standard InChI is InChI=1S/C9H20FO2P/c1-5-9(6-2)7-12-13(10,11)8(3)4/h8-9H,5-7H2,1-4H3. The molecule has 0 aromatic rings. The van der Waals surface area contributed by atoms with Crippen LogP contribution >= 0.6 is 7.68 Å². The topological polar surface area (TPSA) is 26.3 Å². The van der Waals surface area contributed by atoms with Gasteiger partial charge in [0.25, 0.3) is 0 Å². The van der Waals surface area contributed by atoms with Crippen LogP contribution < -0.4 is 0 Å². The molecule has 1 atom stereocenters. The number of halogens is 1. The van der Waals surface area contributed by atoms with Crippen molar-refractivity contribution < 1.29 is 13.3 Å². The third kappa shape index (κ3) is 4.78. The number of rotatable bonds is 6. The minimum absolute atomic E-state index is 0.277. The summed E-state index contributed by atoms with van der Waals surface area (Å²) < 4.78 is 29.2. The Balaban J connectivity index is 3.93. The quantitative estimate of drug-likeness (QED) is 0.619. The second-order valence-corrected chi connectivity index (χ2v) is 5.93. The molecule has 0 aromatic carbocycles. The van der Waals surface area contributed by atoms with E-state index in [0.717, 1.165) is 12.8 Å². The maximum absolute atomic E-state index is 13.2. The van der Waals surface area contributed by atoms with Gasteiger partial charge in [-0.2, -0.15) is 4.20 Å². The van der Waals surface area contributed by atoms with E-state index < -0.39 is 13.3 Å². The summed E-state index contributed by atoms with van der Waals surface area (Å²) >= 11 is 0. The minimum Gasteiger partial charge on any atom is -0.305 e. The van der Waals surface area contributed by atoms with Crippen LogP contribution in [0.5, 0.6) is 0 Å². The highest BCUT2D eigenvalue weighted by Gasteiger charge is 2.27. The van der Waals surface area contributed by atoms with Gasteiger partial charge in [-0.1, -0.05) is 40.5 Å². The fraction of sp³-hybridized carbons (Fsp3) is 1.00. The fourth-order valence-corrected chi connectivity index (χ4v) is 1.59. The van der Waals surface area contributed by atoms with Crippen LogP contribution in [-0.2, 0) is 9.09 Å². The van der Waals surface area contributed by atoms with Crippen LogP contribution in [0.25, 0.3) is 0 Å². The monoisotopic (exact) mass is 210 g/mol. The summed E-state index contributed by atoms with van der Waals surface area (Å²) in [6.07, 6.45) is 1.88. The molecule has 2 nitrogen and oxygen atoms in total. The molecule has 0 N–H and O–H groups in total. The van der Waals surface area contributed by atoms with Crippen molar-refractivity contribution in [2.45, 2.75) is 46.2 Å². The van der Waals surface area contributed by atoms with E-state index in [-0.39, 0.29) is 6.61 Å². The van der Waals surface area contributed by atoms with Gasteiger partial charge in [0, 0.05) is 0 Å². The minimum atomic E-state index is -3.84. The molecule has 0 aromatic heterocycles. The van der Waals surface area contributed by atoms with Gasteiger partial charge in [-0.25, -0.2) is 0 Å². The van der Waals surface area contributed by atoms with Crippen molar-refractivity contribution in [2.75, 3.05) is 6.61 Å². The van der Waals surface area contributed by atoms with Crippen LogP contribution in [-0.4, -0.2) is 12.3 Å². The molecule has 0 rings (SSSR count). The summed E-state index contributed by atoms with van der Waals surface area (Å²) in [6, 6.07) is 0. The predicted molar refractivity (Wildman–Crippen MR) is 53.9 cm³/mol. The van der Waals surface area contributed by atoms with Gasteiger partial charge in [0.15, 0.2) is 0 Å². The Kier molecular flexibility index (Phi) is 5.82. The number of hydrogen-bond acceptors (Lipinski definition) is 2. The van der Waals surface area contributed by atoms with Crippen molar-refractivity contribution in [3.05, 3.63) is 0 Å². The molecule has 4 heteroatoms. The Labute approximate surface area is 80.4 Å². The van der Waals surface area contributed by atoms with Crippen molar-refractivity contribution in [1.29, 1.82) is 0 Å². The van der Waals surface area contributed by atoms with Crippen molar-refractivity contribution in [1.82, 2.24) is 0 Å². The molecular weight excluding hydrogens is 190 g/mol. The van der Waals surface area contributed by atoms with E-state index in [9.17, 15) is 8.76 Å². The molecule has 0 heterocycles. The van der Waals surface area contributed by atoms with Crippen LogP contribution in [0.2, 0.25) is 0 Å². The lowest BCUT2D eigenvalue weighted by molar-refractivity contribution is 0.222. The summed E-state index contributed by atoms with van der Waals surface area (Å²) in [4.78, 5) is 0. The van der Waals surface area contributed by atoms with E-state index in [0.29, 0.717) is 5.92 Å². The van der Waals surface area contributed by atoms with Crippen molar-refractivity contribution in [2.24, 2.45) is 5.92 Å². The van der Waals surface area contributed by atoms with Crippen LogP contribution in [0.15, 0.2) is 0 Å². The zero-order valence-electron chi connectivity index (χ0n) is 8.92. The number of hydrogen-bond donors (Lipinski definition) is 0. The first-order chi connectivity index (χ1) is 5.94. The molecule has 0 saturated heterocycles. The normalized spacial score (nSPS) is 16.5.